The van der Waals surface area contributed by atoms with Crippen molar-refractivity contribution in [3.05, 3.63) is 35.8 Å². The van der Waals surface area contributed by atoms with Gasteiger partial charge in [-0.05, 0) is 82.6 Å². The topological polar surface area (TPSA) is 130 Å². The highest BCUT2D eigenvalue weighted by molar-refractivity contribution is 5.64. The van der Waals surface area contributed by atoms with Crippen LogP contribution in [-0.4, -0.2) is 66.4 Å². The summed E-state index contributed by atoms with van der Waals surface area (Å²) in [5, 5.41) is 28.7. The van der Waals surface area contributed by atoms with E-state index < -0.39 is 0 Å². The standard InChI is InChI=1S/C26H36N10O/c1-8-9-22-32-33-34-36(22)20-12-18(10-11-21(20)37-7)30-24-28-16-17(15-27)23(31-24)29-19-13-25(2,3)35(6)26(4,5)14-19/h10-12,16,19H,8-9,13-14H2,1-7H3,(H2,28,29,30,31). The molecule has 1 aliphatic rings. The highest BCUT2D eigenvalue weighted by Gasteiger charge is 2.43. The van der Waals surface area contributed by atoms with Gasteiger partial charge in [-0.2, -0.15) is 14.9 Å². The number of benzene rings is 1. The van der Waals surface area contributed by atoms with Gasteiger partial charge in [0.25, 0.3) is 0 Å². The monoisotopic (exact) mass is 504 g/mol. The quantitative estimate of drug-likeness (QED) is 0.462. The largest absolute Gasteiger partial charge is 0.494 e. The van der Waals surface area contributed by atoms with Crippen molar-refractivity contribution in [2.75, 3.05) is 24.8 Å². The Kier molecular flexibility index (Phi) is 7.32. The lowest BCUT2D eigenvalue weighted by Gasteiger charge is -2.53. The van der Waals surface area contributed by atoms with Crippen LogP contribution in [0.15, 0.2) is 24.4 Å². The summed E-state index contributed by atoms with van der Waals surface area (Å²) in [4.78, 5) is 11.5. The van der Waals surface area contributed by atoms with E-state index in [1.54, 1.807) is 18.0 Å². The van der Waals surface area contributed by atoms with Crippen LogP contribution in [0, 0.1) is 11.3 Å². The lowest BCUT2D eigenvalue weighted by Crippen LogP contribution is -2.61. The fourth-order valence-corrected chi connectivity index (χ4v) is 5.14. The van der Waals surface area contributed by atoms with Crippen LogP contribution in [0.5, 0.6) is 5.75 Å². The summed E-state index contributed by atoms with van der Waals surface area (Å²) in [6.07, 6.45) is 5.07. The number of aromatic nitrogens is 6. The molecular weight excluding hydrogens is 468 g/mol. The number of rotatable bonds is 8. The minimum Gasteiger partial charge on any atom is -0.494 e. The Morgan fingerprint density at radius 1 is 1.19 bits per heavy atom. The molecule has 3 aromatic rings. The number of nitrogens with one attached hydrogen (secondary N) is 2. The number of hydrogen-bond donors (Lipinski definition) is 2. The van der Waals surface area contributed by atoms with Crippen LogP contribution in [0.3, 0.4) is 0 Å². The Hall–Kier alpha value is -3.78. The lowest BCUT2D eigenvalue weighted by molar-refractivity contribution is -0.00773. The molecule has 3 heterocycles. The van der Waals surface area contributed by atoms with Gasteiger partial charge in [0.05, 0.1) is 13.3 Å². The highest BCUT2D eigenvalue weighted by Crippen LogP contribution is 2.38. The minimum absolute atomic E-state index is 0.00662. The molecule has 0 spiro atoms. The van der Waals surface area contributed by atoms with Crippen molar-refractivity contribution in [1.82, 2.24) is 35.1 Å². The zero-order valence-corrected chi connectivity index (χ0v) is 22.7. The normalized spacial score (nSPS) is 17.2. The number of piperidine rings is 1. The van der Waals surface area contributed by atoms with E-state index in [0.717, 1.165) is 37.2 Å². The van der Waals surface area contributed by atoms with Crippen LogP contribution >= 0.6 is 0 Å². The Morgan fingerprint density at radius 3 is 2.57 bits per heavy atom. The number of tetrazole rings is 1. The summed E-state index contributed by atoms with van der Waals surface area (Å²) in [7, 11) is 3.79. The van der Waals surface area contributed by atoms with Gasteiger partial charge < -0.3 is 15.4 Å². The molecule has 0 radical (unpaired) electrons. The van der Waals surface area contributed by atoms with Crippen molar-refractivity contribution in [3.8, 4) is 17.5 Å². The maximum atomic E-state index is 9.71. The lowest BCUT2D eigenvalue weighted by atomic mass is 9.77. The molecule has 2 aromatic heterocycles. The van der Waals surface area contributed by atoms with Gasteiger partial charge >= 0.3 is 0 Å². The average molecular weight is 505 g/mol. The summed E-state index contributed by atoms with van der Waals surface area (Å²) in [6, 6.07) is 8.01. The number of ether oxygens (including phenoxy) is 1. The van der Waals surface area contributed by atoms with E-state index in [2.05, 4.69) is 88.8 Å². The Labute approximate surface area is 218 Å². The summed E-state index contributed by atoms with van der Waals surface area (Å²) >= 11 is 0. The molecule has 0 saturated carbocycles. The van der Waals surface area contributed by atoms with E-state index in [9.17, 15) is 5.26 Å². The number of nitrogens with zero attached hydrogens (tertiary/aromatic N) is 8. The third-order valence-electron chi connectivity index (χ3n) is 7.23. The molecule has 0 atom stereocenters. The van der Waals surface area contributed by atoms with Gasteiger partial charge in [0, 0.05) is 29.2 Å². The van der Waals surface area contributed by atoms with Crippen LogP contribution in [-0.2, 0) is 6.42 Å². The summed E-state index contributed by atoms with van der Waals surface area (Å²) < 4.78 is 7.24. The third-order valence-corrected chi connectivity index (χ3v) is 7.23. The SMILES string of the molecule is CCCc1nnnn1-c1cc(Nc2ncc(C#N)c(NC3CC(C)(C)N(C)C(C)(C)C3)n2)ccc1OC. The summed E-state index contributed by atoms with van der Waals surface area (Å²) in [6.45, 7) is 11.1. The fraction of sp³-hybridized carbons (Fsp3) is 0.538. The van der Waals surface area contributed by atoms with Crippen molar-refractivity contribution >= 4 is 17.5 Å². The Bertz CT molecular complexity index is 1270. The molecule has 0 amide bonds. The predicted molar refractivity (Wildman–Crippen MR) is 142 cm³/mol. The van der Waals surface area contributed by atoms with Gasteiger partial charge in [-0.1, -0.05) is 6.92 Å². The molecule has 1 aromatic carbocycles. The van der Waals surface area contributed by atoms with Crippen LogP contribution in [0.1, 0.15) is 65.3 Å². The van der Waals surface area contributed by atoms with E-state index in [0.29, 0.717) is 28.8 Å². The number of methoxy groups -OCH3 is 1. The van der Waals surface area contributed by atoms with E-state index in [-0.39, 0.29) is 17.1 Å². The molecule has 1 saturated heterocycles. The summed E-state index contributed by atoms with van der Waals surface area (Å²) in [5.74, 6) is 2.31. The van der Waals surface area contributed by atoms with E-state index in [4.69, 9.17) is 4.74 Å². The number of likely N-dealkylation sites (tertiary alicyclic amines) is 1. The molecule has 11 heteroatoms. The minimum atomic E-state index is 0.00662. The van der Waals surface area contributed by atoms with Crippen molar-refractivity contribution in [3.63, 3.8) is 0 Å². The summed E-state index contributed by atoms with van der Waals surface area (Å²) in [5.41, 5.74) is 1.88. The van der Waals surface area contributed by atoms with Crippen LogP contribution in [0.25, 0.3) is 5.69 Å². The van der Waals surface area contributed by atoms with Gasteiger partial charge in [-0.15, -0.1) is 5.10 Å². The molecule has 37 heavy (non-hydrogen) atoms. The molecule has 0 unspecified atom stereocenters. The van der Waals surface area contributed by atoms with Crippen molar-refractivity contribution in [1.29, 1.82) is 5.26 Å². The zero-order valence-electron chi connectivity index (χ0n) is 22.7. The van der Waals surface area contributed by atoms with Crippen molar-refractivity contribution in [2.45, 2.75) is 77.4 Å². The molecule has 11 nitrogen and oxygen atoms in total. The van der Waals surface area contributed by atoms with Gasteiger partial charge in [0.1, 0.15) is 28.9 Å². The van der Waals surface area contributed by atoms with Crippen molar-refractivity contribution < 1.29 is 4.74 Å². The molecule has 1 aliphatic heterocycles. The first-order chi connectivity index (χ1) is 17.6. The van der Waals surface area contributed by atoms with Gasteiger partial charge in [0.15, 0.2) is 5.82 Å². The maximum absolute atomic E-state index is 9.71. The number of hydrogen-bond acceptors (Lipinski definition) is 10. The number of aryl methyl sites for hydroxylation is 1. The highest BCUT2D eigenvalue weighted by atomic mass is 16.5. The van der Waals surface area contributed by atoms with E-state index in [1.165, 1.54) is 0 Å². The predicted octanol–water partition coefficient (Wildman–Crippen LogP) is 4.09. The fourth-order valence-electron chi connectivity index (χ4n) is 5.14. The zero-order chi connectivity index (χ0) is 26.8. The van der Waals surface area contributed by atoms with Crippen LogP contribution < -0.4 is 15.4 Å². The Morgan fingerprint density at radius 2 is 1.92 bits per heavy atom. The molecule has 4 rings (SSSR count). The second kappa shape index (κ2) is 10.3. The molecule has 0 aliphatic carbocycles. The first kappa shape index (κ1) is 26.3. The van der Waals surface area contributed by atoms with E-state index >= 15 is 0 Å². The second-order valence-electron chi connectivity index (χ2n) is 10.8. The first-order valence-electron chi connectivity index (χ1n) is 12.6. The molecule has 1 fully saturated rings. The van der Waals surface area contributed by atoms with Gasteiger partial charge in [-0.25, -0.2) is 4.98 Å². The Balaban J connectivity index is 1.61. The van der Waals surface area contributed by atoms with Crippen LogP contribution in [0.4, 0.5) is 17.5 Å². The molecular formula is C26H36N10O. The van der Waals surface area contributed by atoms with Gasteiger partial charge in [-0.3, -0.25) is 4.90 Å². The number of nitriles is 1. The third kappa shape index (κ3) is 5.49. The smallest absolute Gasteiger partial charge is 0.229 e. The number of anilines is 3. The molecule has 2 N–H and O–H groups in total. The molecule has 196 valence electrons. The first-order valence-corrected chi connectivity index (χ1v) is 12.6. The van der Waals surface area contributed by atoms with E-state index in [1.807, 2.05) is 18.2 Å². The second-order valence-corrected chi connectivity index (χ2v) is 10.8. The van der Waals surface area contributed by atoms with Gasteiger partial charge in [0.2, 0.25) is 5.95 Å². The average Bonchev–Trinajstić information content (AvgIpc) is 3.31. The molecule has 0 bridgehead atoms. The maximum Gasteiger partial charge on any atom is 0.229 e. The van der Waals surface area contributed by atoms with Crippen LogP contribution in [0.2, 0.25) is 0 Å². The van der Waals surface area contributed by atoms with Crippen molar-refractivity contribution in [2.24, 2.45) is 0 Å².